The van der Waals surface area contributed by atoms with Crippen molar-refractivity contribution in [1.29, 1.82) is 0 Å². The van der Waals surface area contributed by atoms with E-state index in [2.05, 4.69) is 27.8 Å². The van der Waals surface area contributed by atoms with Crippen molar-refractivity contribution in [1.82, 2.24) is 10.2 Å². The fourth-order valence-corrected chi connectivity index (χ4v) is 3.67. The van der Waals surface area contributed by atoms with Gasteiger partial charge in [0.05, 0.1) is 26.5 Å². The van der Waals surface area contributed by atoms with Crippen LogP contribution in [-0.2, 0) is 4.79 Å². The number of carbonyl (C=O) groups excluding carboxylic acids is 1. The van der Waals surface area contributed by atoms with Gasteiger partial charge in [0.25, 0.3) is 0 Å². The summed E-state index contributed by atoms with van der Waals surface area (Å²) in [5.41, 5.74) is 0.425. The zero-order chi connectivity index (χ0) is 16.8. The number of hydrogen-bond acceptors (Lipinski definition) is 6. The summed E-state index contributed by atoms with van der Waals surface area (Å²) in [6.45, 7) is 2.91. The van der Waals surface area contributed by atoms with Gasteiger partial charge in [-0.3, -0.25) is 4.79 Å². The molecule has 1 aromatic carbocycles. The first-order valence-electron chi connectivity index (χ1n) is 6.64. The van der Waals surface area contributed by atoms with E-state index in [4.69, 9.17) is 34.8 Å². The van der Waals surface area contributed by atoms with Crippen molar-refractivity contribution >= 4 is 74.6 Å². The van der Waals surface area contributed by atoms with Gasteiger partial charge in [-0.25, -0.2) is 0 Å². The van der Waals surface area contributed by atoms with E-state index < -0.39 is 0 Å². The predicted octanol–water partition coefficient (Wildman–Crippen LogP) is 5.05. The highest BCUT2D eigenvalue weighted by atomic mass is 35.5. The summed E-state index contributed by atoms with van der Waals surface area (Å²) in [6, 6.07) is 3.01. The topological polar surface area (TPSA) is 66.9 Å². The van der Waals surface area contributed by atoms with Gasteiger partial charge >= 0.3 is 0 Å². The quantitative estimate of drug-likeness (QED) is 0.493. The second-order valence-corrected chi connectivity index (χ2v) is 7.80. The summed E-state index contributed by atoms with van der Waals surface area (Å²) in [6.07, 6.45) is 1.01. The first-order chi connectivity index (χ1) is 11.0. The molecule has 0 atom stereocenters. The number of aromatic nitrogens is 2. The molecule has 2 aromatic rings. The molecule has 0 unspecified atom stereocenters. The number of nitrogens with zero attached hydrogens (tertiary/aromatic N) is 2. The van der Waals surface area contributed by atoms with Crippen molar-refractivity contribution in [2.75, 3.05) is 22.9 Å². The molecule has 0 fully saturated rings. The summed E-state index contributed by atoms with van der Waals surface area (Å²) >= 11 is 20.5. The Morgan fingerprint density at radius 1 is 1.22 bits per heavy atom. The maximum Gasteiger partial charge on any atom is 0.234 e. The Morgan fingerprint density at radius 3 is 2.70 bits per heavy atom. The van der Waals surface area contributed by atoms with Crippen LogP contribution >= 0.6 is 57.9 Å². The third kappa shape index (κ3) is 5.69. The molecule has 0 radical (unpaired) electrons. The van der Waals surface area contributed by atoms with Crippen LogP contribution in [0.2, 0.25) is 15.1 Å². The molecule has 1 heterocycles. The normalized spacial score (nSPS) is 10.6. The molecule has 124 valence electrons. The van der Waals surface area contributed by atoms with E-state index in [0.717, 1.165) is 22.4 Å². The third-order valence-electron chi connectivity index (χ3n) is 2.54. The van der Waals surface area contributed by atoms with Gasteiger partial charge in [0.1, 0.15) is 0 Å². The predicted molar refractivity (Wildman–Crippen MR) is 99.5 cm³/mol. The number of nitrogens with one attached hydrogen (secondary N) is 2. The number of benzene rings is 1. The van der Waals surface area contributed by atoms with E-state index in [9.17, 15) is 4.79 Å². The van der Waals surface area contributed by atoms with Gasteiger partial charge in [0, 0.05) is 6.54 Å². The summed E-state index contributed by atoms with van der Waals surface area (Å²) < 4.78 is 0.721. The van der Waals surface area contributed by atoms with Crippen molar-refractivity contribution < 1.29 is 4.79 Å². The van der Waals surface area contributed by atoms with Gasteiger partial charge in [-0.05, 0) is 18.6 Å². The first-order valence-corrected chi connectivity index (χ1v) is 9.57. The molecule has 0 saturated heterocycles. The molecule has 1 amide bonds. The summed E-state index contributed by atoms with van der Waals surface area (Å²) in [5.74, 6) is -0.0209. The maximum atomic E-state index is 12.0. The molecule has 0 bridgehead atoms. The largest absolute Gasteiger partial charge is 0.360 e. The second kappa shape index (κ2) is 8.94. The highest BCUT2D eigenvalue weighted by Gasteiger charge is 2.11. The van der Waals surface area contributed by atoms with Crippen LogP contribution in [0.4, 0.5) is 10.8 Å². The minimum atomic E-state index is -0.214. The molecule has 2 rings (SSSR count). The lowest BCUT2D eigenvalue weighted by atomic mass is 10.3. The van der Waals surface area contributed by atoms with Crippen molar-refractivity contribution in [3.05, 3.63) is 27.2 Å². The van der Waals surface area contributed by atoms with Crippen molar-refractivity contribution in [2.24, 2.45) is 0 Å². The SMILES string of the molecule is CCCNc1nnc(SCC(=O)Nc2cc(Cl)c(Cl)cc2Cl)s1. The maximum absolute atomic E-state index is 12.0. The Kier molecular flexibility index (Phi) is 7.23. The Balaban J connectivity index is 1.88. The van der Waals surface area contributed by atoms with Crippen molar-refractivity contribution in [3.63, 3.8) is 0 Å². The minimum absolute atomic E-state index is 0.193. The van der Waals surface area contributed by atoms with E-state index in [-0.39, 0.29) is 11.7 Å². The standard InChI is InChI=1S/C13H13Cl3N4OS2/c1-2-3-17-12-19-20-13(23-12)22-6-11(21)18-10-5-8(15)7(14)4-9(10)16/h4-5H,2-3,6H2,1H3,(H,17,19)(H,18,21). The van der Waals surface area contributed by atoms with Crippen LogP contribution in [0.5, 0.6) is 0 Å². The van der Waals surface area contributed by atoms with E-state index in [1.165, 1.54) is 35.2 Å². The molecule has 0 aliphatic rings. The first kappa shape index (κ1) is 18.6. The monoisotopic (exact) mass is 410 g/mol. The average Bonchev–Trinajstić information content (AvgIpc) is 2.96. The van der Waals surface area contributed by atoms with E-state index in [1.807, 2.05) is 0 Å². The van der Waals surface area contributed by atoms with Crippen LogP contribution in [0, 0.1) is 0 Å². The van der Waals surface area contributed by atoms with Gasteiger partial charge in [-0.2, -0.15) is 0 Å². The Labute approximate surface area is 157 Å². The highest BCUT2D eigenvalue weighted by Crippen LogP contribution is 2.32. The Morgan fingerprint density at radius 2 is 1.96 bits per heavy atom. The fourth-order valence-electron chi connectivity index (χ4n) is 1.50. The number of carbonyl (C=O) groups is 1. The van der Waals surface area contributed by atoms with Crippen LogP contribution in [0.1, 0.15) is 13.3 Å². The van der Waals surface area contributed by atoms with Gasteiger partial charge in [0.2, 0.25) is 11.0 Å². The summed E-state index contributed by atoms with van der Waals surface area (Å²) in [5, 5.41) is 15.6. The van der Waals surface area contributed by atoms with Crippen LogP contribution in [0.25, 0.3) is 0 Å². The van der Waals surface area contributed by atoms with Crippen molar-refractivity contribution in [3.8, 4) is 0 Å². The molecule has 0 aliphatic carbocycles. The summed E-state index contributed by atoms with van der Waals surface area (Å²) in [7, 11) is 0. The van der Waals surface area contributed by atoms with Gasteiger partial charge in [-0.15, -0.1) is 10.2 Å². The Hall–Kier alpha value is -0.730. The number of halogens is 3. The minimum Gasteiger partial charge on any atom is -0.360 e. The third-order valence-corrected chi connectivity index (χ3v) is 5.59. The molecule has 23 heavy (non-hydrogen) atoms. The summed E-state index contributed by atoms with van der Waals surface area (Å²) in [4.78, 5) is 12.0. The molecule has 0 spiro atoms. The van der Waals surface area contributed by atoms with Gasteiger partial charge in [-0.1, -0.05) is 64.8 Å². The van der Waals surface area contributed by atoms with Crippen LogP contribution in [-0.4, -0.2) is 28.4 Å². The highest BCUT2D eigenvalue weighted by molar-refractivity contribution is 8.01. The number of rotatable bonds is 7. The number of hydrogen-bond donors (Lipinski definition) is 2. The van der Waals surface area contributed by atoms with Crippen LogP contribution in [0.3, 0.4) is 0 Å². The lowest BCUT2D eigenvalue weighted by molar-refractivity contribution is -0.113. The van der Waals surface area contributed by atoms with Crippen LogP contribution in [0.15, 0.2) is 16.5 Å². The van der Waals surface area contributed by atoms with Gasteiger partial charge < -0.3 is 10.6 Å². The molecular formula is C13H13Cl3N4OS2. The van der Waals surface area contributed by atoms with E-state index >= 15 is 0 Å². The zero-order valence-corrected chi connectivity index (χ0v) is 15.9. The fraction of sp³-hybridized carbons (Fsp3) is 0.308. The van der Waals surface area contributed by atoms with Gasteiger partial charge in [0.15, 0.2) is 4.34 Å². The van der Waals surface area contributed by atoms with Crippen molar-refractivity contribution in [2.45, 2.75) is 17.7 Å². The molecule has 10 heteroatoms. The molecule has 2 N–H and O–H groups in total. The zero-order valence-electron chi connectivity index (χ0n) is 12.0. The van der Waals surface area contributed by atoms with Crippen LogP contribution < -0.4 is 10.6 Å². The Bertz CT molecular complexity index is 696. The average molecular weight is 412 g/mol. The van der Waals surface area contributed by atoms with E-state index in [1.54, 1.807) is 0 Å². The molecule has 0 saturated carbocycles. The van der Waals surface area contributed by atoms with E-state index in [0.29, 0.717) is 20.8 Å². The number of anilines is 2. The lowest BCUT2D eigenvalue weighted by Crippen LogP contribution is -2.14. The molecule has 1 aromatic heterocycles. The lowest BCUT2D eigenvalue weighted by Gasteiger charge is -2.08. The second-order valence-electron chi connectivity index (χ2n) is 4.38. The smallest absolute Gasteiger partial charge is 0.234 e. The molecule has 0 aliphatic heterocycles. The number of thioether (sulfide) groups is 1. The molecular weight excluding hydrogens is 399 g/mol. The number of amides is 1. The molecule has 5 nitrogen and oxygen atoms in total.